The Hall–Kier alpha value is -4.08. The van der Waals surface area contributed by atoms with Gasteiger partial charge in [0.05, 0.1) is 18.5 Å². The van der Waals surface area contributed by atoms with Crippen LogP contribution in [-0.4, -0.2) is 33.3 Å². The van der Waals surface area contributed by atoms with E-state index in [1.54, 1.807) is 30.0 Å². The molecule has 4 heterocycles. The van der Waals surface area contributed by atoms with E-state index in [9.17, 15) is 14.4 Å². The maximum absolute atomic E-state index is 14.3. The van der Waals surface area contributed by atoms with Crippen molar-refractivity contribution in [2.24, 2.45) is 7.05 Å². The van der Waals surface area contributed by atoms with Crippen molar-refractivity contribution in [3.63, 3.8) is 0 Å². The quantitative estimate of drug-likeness (QED) is 0.382. The van der Waals surface area contributed by atoms with Gasteiger partial charge in [-0.05, 0) is 36.2 Å². The fourth-order valence-electron chi connectivity index (χ4n) is 5.66. The summed E-state index contributed by atoms with van der Waals surface area (Å²) in [4.78, 5) is 42.4. The van der Waals surface area contributed by atoms with E-state index in [0.717, 1.165) is 0 Å². The molecule has 0 saturated heterocycles. The zero-order valence-electron chi connectivity index (χ0n) is 21.5. The van der Waals surface area contributed by atoms with Gasteiger partial charge in [0.1, 0.15) is 16.5 Å². The Morgan fingerprint density at radius 3 is 2.49 bits per heavy atom. The second-order valence-electron chi connectivity index (χ2n) is 9.80. The van der Waals surface area contributed by atoms with Crippen LogP contribution in [-0.2, 0) is 17.4 Å². The van der Waals surface area contributed by atoms with Crippen molar-refractivity contribution in [3.8, 4) is 11.4 Å². The third-order valence-electron chi connectivity index (χ3n) is 7.22. The summed E-state index contributed by atoms with van der Waals surface area (Å²) in [5, 5.41) is 8.07. The van der Waals surface area contributed by atoms with Gasteiger partial charge in [0.2, 0.25) is 0 Å². The highest BCUT2D eigenvalue weighted by atomic mass is 35.5. The summed E-state index contributed by atoms with van der Waals surface area (Å²) in [6, 6.07) is 13.8. The minimum Gasteiger partial charge on any atom is -0.494 e. The van der Waals surface area contributed by atoms with Crippen LogP contribution in [0, 0.1) is 0 Å². The zero-order valence-corrected chi connectivity index (χ0v) is 23.0. The molecular weight excluding hydrogens is 541 g/mol. The molecule has 198 valence electrons. The highest BCUT2D eigenvalue weighted by molar-refractivity contribution is 6.32. The van der Waals surface area contributed by atoms with Gasteiger partial charge in [-0.15, -0.1) is 0 Å². The molecule has 9 nitrogen and oxygen atoms in total. The van der Waals surface area contributed by atoms with Crippen molar-refractivity contribution in [1.29, 1.82) is 0 Å². The third kappa shape index (κ3) is 3.33. The molecular formula is C28H23Cl2N5O4. The molecule has 6 rings (SSSR count). The van der Waals surface area contributed by atoms with E-state index in [-0.39, 0.29) is 22.3 Å². The predicted molar refractivity (Wildman–Crippen MR) is 149 cm³/mol. The van der Waals surface area contributed by atoms with Gasteiger partial charge in [-0.1, -0.05) is 55.2 Å². The molecule has 2 aliphatic rings. The van der Waals surface area contributed by atoms with Crippen LogP contribution in [0.5, 0.6) is 5.75 Å². The van der Waals surface area contributed by atoms with Crippen LogP contribution in [0.1, 0.15) is 47.1 Å². The van der Waals surface area contributed by atoms with Gasteiger partial charge in [-0.25, -0.2) is 4.68 Å². The average Bonchev–Trinajstić information content (AvgIpc) is 3.50. The number of fused-ring (bicyclic) bond motifs is 4. The lowest BCUT2D eigenvalue weighted by Crippen LogP contribution is -2.51. The molecule has 1 unspecified atom stereocenters. The smallest absolute Gasteiger partial charge is 0.280 e. The number of methoxy groups -OCH3 is 1. The van der Waals surface area contributed by atoms with E-state index < -0.39 is 22.9 Å². The van der Waals surface area contributed by atoms with Crippen LogP contribution in [0.25, 0.3) is 5.69 Å². The van der Waals surface area contributed by atoms with Crippen LogP contribution < -0.4 is 20.5 Å². The van der Waals surface area contributed by atoms with E-state index in [2.05, 4.69) is 5.32 Å². The highest BCUT2D eigenvalue weighted by Gasteiger charge is 2.64. The largest absolute Gasteiger partial charge is 0.494 e. The van der Waals surface area contributed by atoms with Gasteiger partial charge in [-0.2, -0.15) is 5.10 Å². The molecule has 39 heavy (non-hydrogen) atoms. The Bertz CT molecular complexity index is 1750. The van der Waals surface area contributed by atoms with Gasteiger partial charge in [0.25, 0.3) is 17.4 Å². The molecule has 0 saturated carbocycles. The maximum Gasteiger partial charge on any atom is 0.280 e. The van der Waals surface area contributed by atoms with Gasteiger partial charge in [0.15, 0.2) is 11.2 Å². The third-order valence-corrected chi connectivity index (χ3v) is 7.72. The van der Waals surface area contributed by atoms with Crippen molar-refractivity contribution >= 4 is 46.4 Å². The van der Waals surface area contributed by atoms with Crippen LogP contribution >= 0.6 is 23.2 Å². The van der Waals surface area contributed by atoms with Gasteiger partial charge in [0, 0.05) is 35.1 Å². The zero-order chi connectivity index (χ0) is 27.8. The monoisotopic (exact) mass is 563 g/mol. The standard InChI is InChI=1S/C28H23Cl2N5O4/c1-14(2)24-22-23(32-35(24)20-7-5-6-8-21(20)39-4)26(37)34(16-12-18(30)25(36)33(3)13-16)28(22)17-10-9-15(29)11-19(17)31-27(28)38/h5-14H,1-4H3,(H,31,38). The van der Waals surface area contributed by atoms with Crippen molar-refractivity contribution in [2.75, 3.05) is 17.3 Å². The second-order valence-corrected chi connectivity index (χ2v) is 10.6. The summed E-state index contributed by atoms with van der Waals surface area (Å²) in [6.45, 7) is 3.95. The number of rotatable bonds is 4. The van der Waals surface area contributed by atoms with Crippen molar-refractivity contribution in [1.82, 2.24) is 14.3 Å². The number of halogens is 2. The first kappa shape index (κ1) is 25.2. The van der Waals surface area contributed by atoms with E-state index in [1.165, 1.54) is 28.8 Å². The Labute approximate surface area is 233 Å². The van der Waals surface area contributed by atoms with Crippen LogP contribution in [0.2, 0.25) is 10.0 Å². The SMILES string of the molecule is COc1ccccc1-n1nc2c(c1C(C)C)C1(C(=O)Nc3cc(Cl)ccc31)N(c1cc(Cl)c(=O)n(C)c1)C2=O. The molecule has 1 atom stereocenters. The van der Waals surface area contributed by atoms with E-state index in [0.29, 0.717) is 39.0 Å². The van der Waals surface area contributed by atoms with Crippen LogP contribution in [0.4, 0.5) is 11.4 Å². The lowest BCUT2D eigenvalue weighted by atomic mass is 9.81. The number of nitrogens with zero attached hydrogens (tertiary/aromatic N) is 4. The maximum atomic E-state index is 14.3. The Morgan fingerprint density at radius 2 is 1.79 bits per heavy atom. The number of pyridine rings is 1. The number of nitrogens with one attached hydrogen (secondary N) is 1. The van der Waals surface area contributed by atoms with E-state index in [4.69, 9.17) is 33.0 Å². The van der Waals surface area contributed by atoms with E-state index >= 15 is 0 Å². The van der Waals surface area contributed by atoms with Gasteiger partial charge >= 0.3 is 0 Å². The molecule has 0 radical (unpaired) electrons. The lowest BCUT2D eigenvalue weighted by Gasteiger charge is -2.35. The molecule has 11 heteroatoms. The van der Waals surface area contributed by atoms with Crippen molar-refractivity contribution in [3.05, 3.63) is 97.6 Å². The molecule has 4 aromatic rings. The molecule has 1 N–H and O–H groups in total. The number of amides is 2. The summed E-state index contributed by atoms with van der Waals surface area (Å²) in [7, 11) is 3.10. The molecule has 2 aliphatic heterocycles. The first-order valence-corrected chi connectivity index (χ1v) is 13.0. The summed E-state index contributed by atoms with van der Waals surface area (Å²) in [6.07, 6.45) is 1.49. The van der Waals surface area contributed by atoms with E-state index in [1.807, 2.05) is 38.1 Å². The Morgan fingerprint density at radius 1 is 1.05 bits per heavy atom. The second kappa shape index (κ2) is 8.72. The fraction of sp³-hybridized carbons (Fsp3) is 0.214. The molecule has 0 bridgehead atoms. The highest BCUT2D eigenvalue weighted by Crippen LogP contribution is 2.55. The summed E-state index contributed by atoms with van der Waals surface area (Å²) < 4.78 is 8.56. The Kier molecular flexibility index (Phi) is 5.64. The van der Waals surface area contributed by atoms with Gasteiger partial charge < -0.3 is 14.6 Å². The number of hydrogen-bond donors (Lipinski definition) is 1. The number of carbonyl (C=O) groups is 2. The lowest BCUT2D eigenvalue weighted by molar-refractivity contribution is -0.119. The first-order chi connectivity index (χ1) is 18.6. The first-order valence-electron chi connectivity index (χ1n) is 12.2. The number of ether oxygens (including phenoxy) is 1. The fourth-order valence-corrected chi connectivity index (χ4v) is 6.07. The number of anilines is 2. The predicted octanol–water partition coefficient (Wildman–Crippen LogP) is 4.87. The Balaban J connectivity index is 1.74. The molecule has 0 fully saturated rings. The number of aryl methyl sites for hydroxylation is 1. The van der Waals surface area contributed by atoms with Crippen LogP contribution in [0.15, 0.2) is 59.5 Å². The molecule has 2 aromatic heterocycles. The normalized spacial score (nSPS) is 17.7. The average molecular weight is 564 g/mol. The minimum absolute atomic E-state index is 0.0830. The van der Waals surface area contributed by atoms with Crippen molar-refractivity contribution < 1.29 is 14.3 Å². The number of hydrogen-bond acceptors (Lipinski definition) is 5. The van der Waals surface area contributed by atoms with Gasteiger partial charge in [-0.3, -0.25) is 19.3 Å². The number of aromatic nitrogens is 3. The summed E-state index contributed by atoms with van der Waals surface area (Å²) in [5.74, 6) is -0.554. The molecule has 2 amide bonds. The number of carbonyl (C=O) groups excluding carboxylic acids is 2. The number of benzene rings is 2. The molecule has 0 aliphatic carbocycles. The molecule has 1 spiro atoms. The summed E-state index contributed by atoms with van der Waals surface area (Å²) >= 11 is 12.6. The topological polar surface area (TPSA) is 98.5 Å². The number of para-hydroxylation sites is 2. The minimum atomic E-state index is -1.63. The molecule has 2 aromatic carbocycles. The van der Waals surface area contributed by atoms with Crippen molar-refractivity contribution in [2.45, 2.75) is 25.3 Å². The van der Waals surface area contributed by atoms with Crippen LogP contribution in [0.3, 0.4) is 0 Å². The summed E-state index contributed by atoms with van der Waals surface area (Å²) in [5.41, 5.74) is 1.11.